The second-order valence-electron chi connectivity index (χ2n) is 4.86. The fraction of sp³-hybridized carbons (Fsp3) is 0.533. The number of hydrogen-bond acceptors (Lipinski definition) is 2. The molecule has 96 valence electrons. The third kappa shape index (κ3) is 2.20. The van der Waals surface area contributed by atoms with E-state index in [4.69, 9.17) is 10.00 Å². The van der Waals surface area contributed by atoms with E-state index in [0.29, 0.717) is 29.4 Å². The molecular weight excluding hydrogens is 229 g/mol. The van der Waals surface area contributed by atoms with Crippen LogP contribution in [-0.4, -0.2) is 6.61 Å². The zero-order chi connectivity index (χ0) is 13.1. The number of halogens is 1. The Bertz CT molecular complexity index is 478. The van der Waals surface area contributed by atoms with E-state index in [-0.39, 0.29) is 11.7 Å². The van der Waals surface area contributed by atoms with Crippen LogP contribution in [0.15, 0.2) is 12.1 Å². The molecule has 1 aliphatic rings. The highest BCUT2D eigenvalue weighted by Crippen LogP contribution is 2.43. The maximum Gasteiger partial charge on any atom is 0.131 e. The van der Waals surface area contributed by atoms with Gasteiger partial charge >= 0.3 is 0 Å². The largest absolute Gasteiger partial charge is 0.492 e. The van der Waals surface area contributed by atoms with Gasteiger partial charge in [0, 0.05) is 11.5 Å². The highest BCUT2D eigenvalue weighted by atomic mass is 19.1. The topological polar surface area (TPSA) is 33.0 Å². The predicted molar refractivity (Wildman–Crippen MR) is 68.0 cm³/mol. The predicted octanol–water partition coefficient (Wildman–Crippen LogP) is 4.00. The van der Waals surface area contributed by atoms with Crippen molar-refractivity contribution in [2.45, 2.75) is 39.0 Å². The number of ether oxygens (including phenoxy) is 1. The molecule has 0 radical (unpaired) electrons. The molecule has 2 atom stereocenters. The van der Waals surface area contributed by atoms with Crippen molar-refractivity contribution in [2.75, 3.05) is 6.61 Å². The van der Waals surface area contributed by atoms with Gasteiger partial charge in [0.25, 0.3) is 0 Å². The van der Waals surface area contributed by atoms with Gasteiger partial charge in [-0.1, -0.05) is 33.1 Å². The quantitative estimate of drug-likeness (QED) is 0.805. The van der Waals surface area contributed by atoms with E-state index in [1.165, 1.54) is 6.07 Å². The molecule has 0 N–H and O–H groups in total. The highest BCUT2D eigenvalue weighted by Gasteiger charge is 2.33. The first-order valence-corrected chi connectivity index (χ1v) is 6.57. The summed E-state index contributed by atoms with van der Waals surface area (Å²) in [6.45, 7) is 4.83. The standard InChI is InChI=1S/C15H18FNO/c1-3-5-11(4-2)12-9-18-14-7-10(8-17)6-13(16)15(12)14/h6-7,11-12H,3-5,9H2,1-2H3. The van der Waals surface area contributed by atoms with Gasteiger partial charge in [-0.25, -0.2) is 4.39 Å². The number of fused-ring (bicyclic) bond motifs is 1. The van der Waals surface area contributed by atoms with E-state index < -0.39 is 0 Å². The first-order valence-electron chi connectivity index (χ1n) is 6.57. The minimum Gasteiger partial charge on any atom is -0.492 e. The average Bonchev–Trinajstić information content (AvgIpc) is 2.80. The fourth-order valence-corrected chi connectivity index (χ4v) is 2.83. The van der Waals surface area contributed by atoms with E-state index >= 15 is 0 Å². The van der Waals surface area contributed by atoms with Gasteiger partial charge in [-0.3, -0.25) is 0 Å². The normalized spacial score (nSPS) is 18.9. The van der Waals surface area contributed by atoms with Crippen LogP contribution in [0.1, 0.15) is 50.2 Å². The fourth-order valence-electron chi connectivity index (χ4n) is 2.83. The molecule has 2 nitrogen and oxygen atoms in total. The Kier molecular flexibility index (Phi) is 3.86. The van der Waals surface area contributed by atoms with Gasteiger partial charge in [-0.05, 0) is 18.1 Å². The van der Waals surface area contributed by atoms with Crippen molar-refractivity contribution in [3.63, 3.8) is 0 Å². The van der Waals surface area contributed by atoms with Crippen molar-refractivity contribution in [2.24, 2.45) is 5.92 Å². The van der Waals surface area contributed by atoms with Crippen LogP contribution in [0.25, 0.3) is 0 Å². The van der Waals surface area contributed by atoms with Crippen LogP contribution < -0.4 is 4.74 Å². The molecule has 1 aliphatic heterocycles. The average molecular weight is 247 g/mol. The molecule has 0 fully saturated rings. The summed E-state index contributed by atoms with van der Waals surface area (Å²) in [5, 5.41) is 8.83. The molecular formula is C15H18FNO. The highest BCUT2D eigenvalue weighted by molar-refractivity contribution is 5.47. The second-order valence-corrected chi connectivity index (χ2v) is 4.86. The molecule has 0 aromatic heterocycles. The lowest BCUT2D eigenvalue weighted by Crippen LogP contribution is -2.14. The van der Waals surface area contributed by atoms with Gasteiger partial charge in [-0.2, -0.15) is 5.26 Å². The lowest BCUT2D eigenvalue weighted by atomic mass is 9.82. The number of benzene rings is 1. The number of nitriles is 1. The molecule has 0 saturated carbocycles. The lowest BCUT2D eigenvalue weighted by Gasteiger charge is -2.20. The van der Waals surface area contributed by atoms with Gasteiger partial charge in [0.15, 0.2) is 0 Å². The maximum absolute atomic E-state index is 14.1. The summed E-state index contributed by atoms with van der Waals surface area (Å²) < 4.78 is 19.7. The van der Waals surface area contributed by atoms with Gasteiger partial charge in [0.1, 0.15) is 11.6 Å². The smallest absolute Gasteiger partial charge is 0.131 e. The maximum atomic E-state index is 14.1. The Morgan fingerprint density at radius 1 is 1.50 bits per heavy atom. The van der Waals surface area contributed by atoms with Crippen LogP contribution in [-0.2, 0) is 0 Å². The van der Waals surface area contributed by atoms with Gasteiger partial charge in [-0.15, -0.1) is 0 Å². The third-order valence-corrected chi connectivity index (χ3v) is 3.76. The molecule has 2 unspecified atom stereocenters. The molecule has 0 spiro atoms. The summed E-state index contributed by atoms with van der Waals surface area (Å²) in [7, 11) is 0. The first-order chi connectivity index (χ1) is 8.71. The Balaban J connectivity index is 2.36. The minimum atomic E-state index is -0.291. The van der Waals surface area contributed by atoms with Crippen LogP contribution in [0.2, 0.25) is 0 Å². The first kappa shape index (κ1) is 12.9. The SMILES string of the molecule is CCCC(CC)C1COc2cc(C#N)cc(F)c21. The number of hydrogen-bond donors (Lipinski definition) is 0. The van der Waals surface area contributed by atoms with E-state index in [1.807, 2.05) is 6.07 Å². The van der Waals surface area contributed by atoms with Crippen molar-refractivity contribution in [3.8, 4) is 11.8 Å². The number of nitrogens with zero attached hydrogens (tertiary/aromatic N) is 1. The number of rotatable bonds is 4. The Morgan fingerprint density at radius 2 is 2.28 bits per heavy atom. The molecule has 1 aromatic carbocycles. The zero-order valence-electron chi connectivity index (χ0n) is 10.9. The molecule has 18 heavy (non-hydrogen) atoms. The molecule has 0 saturated heterocycles. The Morgan fingerprint density at radius 3 is 2.89 bits per heavy atom. The van der Waals surface area contributed by atoms with E-state index in [9.17, 15) is 4.39 Å². The Hall–Kier alpha value is -1.56. The molecule has 3 heteroatoms. The minimum absolute atomic E-state index is 0.137. The van der Waals surface area contributed by atoms with Crippen LogP contribution in [0.3, 0.4) is 0 Å². The summed E-state index contributed by atoms with van der Waals surface area (Å²) in [6.07, 6.45) is 3.21. The van der Waals surface area contributed by atoms with Crippen molar-refractivity contribution in [1.29, 1.82) is 5.26 Å². The molecule has 2 rings (SSSR count). The van der Waals surface area contributed by atoms with Crippen LogP contribution in [0.5, 0.6) is 5.75 Å². The summed E-state index contributed by atoms with van der Waals surface area (Å²) in [5.74, 6) is 0.864. The van der Waals surface area contributed by atoms with Crippen molar-refractivity contribution < 1.29 is 9.13 Å². The summed E-state index contributed by atoms with van der Waals surface area (Å²) >= 11 is 0. The summed E-state index contributed by atoms with van der Waals surface area (Å²) in [5.41, 5.74) is 1.00. The van der Waals surface area contributed by atoms with E-state index in [2.05, 4.69) is 13.8 Å². The molecule has 1 aromatic rings. The third-order valence-electron chi connectivity index (χ3n) is 3.76. The Labute approximate surface area is 107 Å². The van der Waals surface area contributed by atoms with Crippen molar-refractivity contribution in [1.82, 2.24) is 0 Å². The van der Waals surface area contributed by atoms with Crippen molar-refractivity contribution >= 4 is 0 Å². The molecule has 1 heterocycles. The van der Waals surface area contributed by atoms with E-state index in [1.54, 1.807) is 6.07 Å². The molecule has 0 aliphatic carbocycles. The van der Waals surface area contributed by atoms with Gasteiger partial charge < -0.3 is 4.74 Å². The zero-order valence-corrected chi connectivity index (χ0v) is 10.9. The summed E-state index contributed by atoms with van der Waals surface area (Å²) in [6, 6.07) is 4.93. The monoisotopic (exact) mass is 247 g/mol. The van der Waals surface area contributed by atoms with Crippen LogP contribution in [0, 0.1) is 23.1 Å². The van der Waals surface area contributed by atoms with Crippen LogP contribution in [0.4, 0.5) is 4.39 Å². The van der Waals surface area contributed by atoms with Crippen LogP contribution >= 0.6 is 0 Å². The molecule has 0 amide bonds. The summed E-state index contributed by atoms with van der Waals surface area (Å²) in [4.78, 5) is 0. The lowest BCUT2D eigenvalue weighted by molar-refractivity contribution is 0.274. The van der Waals surface area contributed by atoms with Gasteiger partial charge in [0.05, 0.1) is 18.2 Å². The van der Waals surface area contributed by atoms with Crippen molar-refractivity contribution in [3.05, 3.63) is 29.1 Å². The second kappa shape index (κ2) is 5.39. The van der Waals surface area contributed by atoms with Gasteiger partial charge in [0.2, 0.25) is 0 Å². The molecule has 0 bridgehead atoms. The van der Waals surface area contributed by atoms with E-state index in [0.717, 1.165) is 19.3 Å².